The predicted octanol–water partition coefficient (Wildman–Crippen LogP) is 2.81. The van der Waals surface area contributed by atoms with Crippen LogP contribution in [0.2, 0.25) is 0 Å². The van der Waals surface area contributed by atoms with E-state index >= 15 is 0 Å². The summed E-state index contributed by atoms with van der Waals surface area (Å²) in [5.74, 6) is 1.67. The predicted molar refractivity (Wildman–Crippen MR) is 71.5 cm³/mol. The molecule has 0 saturated carbocycles. The molecule has 6 heteroatoms. The van der Waals surface area contributed by atoms with Gasteiger partial charge >= 0.3 is 0 Å². The summed E-state index contributed by atoms with van der Waals surface area (Å²) in [5.41, 5.74) is 9.35. The Bertz CT molecular complexity index is 474. The van der Waals surface area contributed by atoms with Crippen molar-refractivity contribution in [2.75, 3.05) is 12.3 Å². The first-order valence-electron chi connectivity index (χ1n) is 5.19. The van der Waals surface area contributed by atoms with Crippen molar-refractivity contribution in [3.05, 3.63) is 29.3 Å². The Labute approximate surface area is 108 Å². The molecule has 0 fully saturated rings. The largest absolute Gasteiger partial charge is 0.494 e. The van der Waals surface area contributed by atoms with Crippen LogP contribution in [0.25, 0.3) is 0 Å². The van der Waals surface area contributed by atoms with Gasteiger partial charge in [-0.25, -0.2) is 0 Å². The van der Waals surface area contributed by atoms with Crippen molar-refractivity contribution in [3.8, 4) is 5.75 Å². The molecule has 0 unspecified atom stereocenters. The quantitative estimate of drug-likeness (QED) is 0.666. The molecular weight excluding hydrogens is 254 g/mol. The van der Waals surface area contributed by atoms with Gasteiger partial charge in [0.05, 0.1) is 6.61 Å². The summed E-state index contributed by atoms with van der Waals surface area (Å²) in [4.78, 5) is 0. The van der Waals surface area contributed by atoms with Gasteiger partial charge < -0.3 is 10.5 Å². The molecule has 90 valence electrons. The lowest BCUT2D eigenvalue weighted by atomic mass is 10.2. The fourth-order valence-corrected chi connectivity index (χ4v) is 2.84. The third kappa shape index (κ3) is 3.34. The number of benzene rings is 1. The van der Waals surface area contributed by atoms with Crippen molar-refractivity contribution in [1.29, 1.82) is 0 Å². The third-order valence-corrected chi connectivity index (χ3v) is 3.98. The Morgan fingerprint density at radius 3 is 3.06 bits per heavy atom. The maximum atomic E-state index is 5.78. The monoisotopic (exact) mass is 267 g/mol. The fourth-order valence-electron chi connectivity index (χ4n) is 1.37. The molecule has 2 N–H and O–H groups in total. The highest BCUT2D eigenvalue weighted by Crippen LogP contribution is 2.30. The molecule has 0 radical (unpaired) electrons. The highest BCUT2D eigenvalue weighted by molar-refractivity contribution is 8.00. The van der Waals surface area contributed by atoms with Crippen LogP contribution < -0.4 is 10.5 Å². The minimum atomic E-state index is 0.653. The number of hydrogen-bond acceptors (Lipinski definition) is 6. The first kappa shape index (κ1) is 12.2. The second kappa shape index (κ2) is 5.88. The van der Waals surface area contributed by atoms with Crippen LogP contribution in [0, 0.1) is 0 Å². The lowest BCUT2D eigenvalue weighted by Gasteiger charge is -2.09. The third-order valence-electron chi connectivity index (χ3n) is 2.08. The molecular formula is C11H13N3OS2. The Balaban J connectivity index is 2.10. The first-order chi connectivity index (χ1) is 8.29. The second-order valence-corrected chi connectivity index (χ2v) is 5.35. The van der Waals surface area contributed by atoms with Gasteiger partial charge in [0.2, 0.25) is 0 Å². The van der Waals surface area contributed by atoms with Crippen LogP contribution in [0.1, 0.15) is 12.5 Å². The molecule has 4 nitrogen and oxygen atoms in total. The Morgan fingerprint density at radius 1 is 1.47 bits per heavy atom. The molecule has 1 aromatic carbocycles. The van der Waals surface area contributed by atoms with Gasteiger partial charge in [0.15, 0.2) is 4.34 Å². The molecule has 0 saturated heterocycles. The van der Waals surface area contributed by atoms with E-state index in [4.69, 9.17) is 10.5 Å². The van der Waals surface area contributed by atoms with Gasteiger partial charge in [0, 0.05) is 17.0 Å². The van der Waals surface area contributed by atoms with E-state index < -0.39 is 0 Å². The summed E-state index contributed by atoms with van der Waals surface area (Å²) in [6, 6.07) is 5.71. The number of ether oxygens (including phenoxy) is 1. The zero-order valence-corrected chi connectivity index (χ0v) is 11.1. The van der Waals surface area contributed by atoms with Gasteiger partial charge in [-0.15, -0.1) is 10.2 Å². The summed E-state index contributed by atoms with van der Waals surface area (Å²) >= 11 is 3.17. The molecule has 0 aliphatic rings. The van der Waals surface area contributed by atoms with E-state index in [0.717, 1.165) is 27.1 Å². The van der Waals surface area contributed by atoms with Crippen LogP contribution >= 0.6 is 23.1 Å². The number of thioether (sulfide) groups is 1. The van der Waals surface area contributed by atoms with Crippen LogP contribution in [0.4, 0.5) is 5.69 Å². The summed E-state index contributed by atoms with van der Waals surface area (Å²) in [6.07, 6.45) is 0. The average Bonchev–Trinajstić information content (AvgIpc) is 2.82. The van der Waals surface area contributed by atoms with Crippen LogP contribution in [-0.2, 0) is 5.75 Å². The SMILES string of the molecule is CCOc1ccc(N)cc1CSc1nncs1. The number of rotatable bonds is 5. The van der Waals surface area contributed by atoms with Crippen molar-refractivity contribution >= 4 is 28.8 Å². The number of nitrogen functional groups attached to an aromatic ring is 1. The van der Waals surface area contributed by atoms with E-state index in [9.17, 15) is 0 Å². The molecule has 1 heterocycles. The number of hydrogen-bond donors (Lipinski definition) is 1. The van der Waals surface area contributed by atoms with Crippen LogP contribution in [-0.4, -0.2) is 16.8 Å². The Kier molecular flexibility index (Phi) is 4.22. The maximum Gasteiger partial charge on any atom is 0.174 e. The van der Waals surface area contributed by atoms with E-state index in [0.29, 0.717) is 6.61 Å². The van der Waals surface area contributed by atoms with E-state index in [-0.39, 0.29) is 0 Å². The van der Waals surface area contributed by atoms with Crippen molar-refractivity contribution in [3.63, 3.8) is 0 Å². The van der Waals surface area contributed by atoms with Gasteiger partial charge in [0.25, 0.3) is 0 Å². The first-order valence-corrected chi connectivity index (χ1v) is 7.06. The van der Waals surface area contributed by atoms with Crippen molar-refractivity contribution in [2.45, 2.75) is 17.0 Å². The smallest absolute Gasteiger partial charge is 0.174 e. The topological polar surface area (TPSA) is 61.0 Å². The molecule has 0 bridgehead atoms. The minimum absolute atomic E-state index is 0.653. The zero-order chi connectivity index (χ0) is 12.1. The molecule has 0 amide bonds. The number of nitrogens with two attached hydrogens (primary N) is 1. The summed E-state index contributed by atoms with van der Waals surface area (Å²) in [6.45, 7) is 2.62. The van der Waals surface area contributed by atoms with E-state index in [1.165, 1.54) is 11.3 Å². The zero-order valence-electron chi connectivity index (χ0n) is 9.42. The minimum Gasteiger partial charge on any atom is -0.494 e. The Morgan fingerprint density at radius 2 is 2.35 bits per heavy atom. The van der Waals surface area contributed by atoms with Gasteiger partial charge in [-0.1, -0.05) is 23.1 Å². The average molecular weight is 267 g/mol. The normalized spacial score (nSPS) is 10.4. The standard InChI is InChI=1S/C11H13N3OS2/c1-2-15-10-4-3-9(12)5-8(10)6-16-11-14-13-7-17-11/h3-5,7H,2,6,12H2,1H3. The van der Waals surface area contributed by atoms with E-state index in [2.05, 4.69) is 10.2 Å². The number of nitrogens with zero attached hydrogens (tertiary/aromatic N) is 2. The van der Waals surface area contributed by atoms with Gasteiger partial charge in [-0.3, -0.25) is 0 Å². The van der Waals surface area contributed by atoms with Gasteiger partial charge in [0.1, 0.15) is 11.3 Å². The molecule has 0 spiro atoms. The van der Waals surface area contributed by atoms with Gasteiger partial charge in [-0.2, -0.15) is 0 Å². The van der Waals surface area contributed by atoms with Crippen LogP contribution in [0.3, 0.4) is 0 Å². The van der Waals surface area contributed by atoms with Crippen molar-refractivity contribution in [2.24, 2.45) is 0 Å². The fraction of sp³-hybridized carbons (Fsp3) is 0.273. The van der Waals surface area contributed by atoms with Crippen LogP contribution in [0.15, 0.2) is 28.0 Å². The van der Waals surface area contributed by atoms with Crippen molar-refractivity contribution in [1.82, 2.24) is 10.2 Å². The molecule has 0 aliphatic heterocycles. The van der Waals surface area contributed by atoms with E-state index in [1.807, 2.05) is 25.1 Å². The van der Waals surface area contributed by atoms with Crippen LogP contribution in [0.5, 0.6) is 5.75 Å². The van der Waals surface area contributed by atoms with E-state index in [1.54, 1.807) is 17.3 Å². The highest BCUT2D eigenvalue weighted by atomic mass is 32.2. The molecule has 1 aromatic heterocycles. The summed E-state index contributed by atoms with van der Waals surface area (Å²) in [7, 11) is 0. The number of aromatic nitrogens is 2. The van der Waals surface area contributed by atoms with Crippen molar-refractivity contribution < 1.29 is 4.74 Å². The second-order valence-electron chi connectivity index (χ2n) is 3.29. The number of anilines is 1. The lowest BCUT2D eigenvalue weighted by Crippen LogP contribution is -1.97. The molecule has 0 atom stereocenters. The summed E-state index contributed by atoms with van der Waals surface area (Å²) in [5, 5.41) is 7.79. The molecule has 2 aromatic rings. The lowest BCUT2D eigenvalue weighted by molar-refractivity contribution is 0.337. The molecule has 0 aliphatic carbocycles. The maximum absolute atomic E-state index is 5.78. The molecule has 2 rings (SSSR count). The molecule has 17 heavy (non-hydrogen) atoms. The Hall–Kier alpha value is -1.27. The highest BCUT2D eigenvalue weighted by Gasteiger charge is 2.06. The summed E-state index contributed by atoms with van der Waals surface area (Å²) < 4.78 is 6.51. The van der Waals surface area contributed by atoms with Gasteiger partial charge in [-0.05, 0) is 25.1 Å².